The van der Waals surface area contributed by atoms with E-state index in [0.29, 0.717) is 12.0 Å². The van der Waals surface area contributed by atoms with Crippen molar-refractivity contribution >= 4 is 16.4 Å². The van der Waals surface area contributed by atoms with Gasteiger partial charge < -0.3 is 4.74 Å². The van der Waals surface area contributed by atoms with Crippen molar-refractivity contribution in [2.75, 3.05) is 13.2 Å². The number of hydrogen-bond donors (Lipinski definition) is 1. The lowest BCUT2D eigenvalue weighted by Crippen LogP contribution is -2.24. The van der Waals surface area contributed by atoms with Gasteiger partial charge in [-0.15, -0.1) is 0 Å². The molecule has 0 heterocycles. The van der Waals surface area contributed by atoms with Crippen LogP contribution >= 0.6 is 0 Å². The van der Waals surface area contributed by atoms with Gasteiger partial charge in [-0.2, -0.15) is 8.42 Å². The lowest BCUT2D eigenvalue weighted by Gasteiger charge is -2.22. The number of hydrogen-bond acceptors (Lipinski definition) is 5. The van der Waals surface area contributed by atoms with Crippen molar-refractivity contribution in [1.29, 1.82) is 0 Å². The second-order valence-corrected chi connectivity index (χ2v) is 5.61. The number of ether oxygens (including phenoxy) is 1. The number of esters is 1. The fourth-order valence-electron chi connectivity index (χ4n) is 0.849. The second kappa shape index (κ2) is 6.13. The molecule has 0 atom stereocenters. The molecule has 17 heavy (non-hydrogen) atoms. The van der Waals surface area contributed by atoms with Gasteiger partial charge in [0.2, 0.25) is 0 Å². The summed E-state index contributed by atoms with van der Waals surface area (Å²) in [5, 5.41) is 0. The minimum absolute atomic E-state index is 0.132. The molecule has 0 aliphatic heterocycles. The maximum atomic E-state index is 11.1. The molecule has 0 fully saturated rings. The summed E-state index contributed by atoms with van der Waals surface area (Å²) in [7, 11) is -4.43. The molecule has 0 aliphatic rings. The van der Waals surface area contributed by atoms with Crippen molar-refractivity contribution in [3.05, 3.63) is 12.2 Å². The van der Waals surface area contributed by atoms with Crippen molar-refractivity contribution in [3.63, 3.8) is 0 Å². The average Bonchev–Trinajstić information content (AvgIpc) is 2.13. The van der Waals surface area contributed by atoms with Gasteiger partial charge in [-0.1, -0.05) is 20.4 Å². The van der Waals surface area contributed by atoms with E-state index >= 15 is 0 Å². The molecule has 0 aliphatic carbocycles. The molecule has 0 radical (unpaired) electrons. The molecule has 0 unspecified atom stereocenters. The lowest BCUT2D eigenvalue weighted by molar-refractivity contribution is -0.139. The highest BCUT2D eigenvalue weighted by atomic mass is 32.3. The van der Waals surface area contributed by atoms with E-state index in [9.17, 15) is 13.2 Å². The molecule has 0 saturated heterocycles. The van der Waals surface area contributed by atoms with Crippen LogP contribution in [0.15, 0.2) is 12.2 Å². The largest absolute Gasteiger partial charge is 0.462 e. The summed E-state index contributed by atoms with van der Waals surface area (Å²) in [6.45, 7) is 8.37. The molecule has 1 N–H and O–H groups in total. The van der Waals surface area contributed by atoms with Crippen molar-refractivity contribution in [2.24, 2.45) is 5.41 Å². The van der Waals surface area contributed by atoms with Gasteiger partial charge in [-0.3, -0.25) is 4.55 Å². The second-order valence-electron chi connectivity index (χ2n) is 4.52. The van der Waals surface area contributed by atoms with E-state index in [0.717, 1.165) is 0 Å². The zero-order chi connectivity index (χ0) is 13.7. The van der Waals surface area contributed by atoms with Crippen LogP contribution in [-0.2, 0) is 24.1 Å². The Hall–Kier alpha value is -0.920. The molecule has 0 aromatic carbocycles. The van der Waals surface area contributed by atoms with Crippen LogP contribution in [0.25, 0.3) is 0 Å². The first kappa shape index (κ1) is 16.1. The van der Waals surface area contributed by atoms with Crippen molar-refractivity contribution in [3.8, 4) is 0 Å². The van der Waals surface area contributed by atoms with Gasteiger partial charge in [0.1, 0.15) is 0 Å². The van der Waals surface area contributed by atoms with Crippen LogP contribution in [0.1, 0.15) is 27.2 Å². The van der Waals surface area contributed by atoms with E-state index in [1.807, 2.05) is 0 Å². The Kier molecular flexibility index (Phi) is 5.80. The zero-order valence-corrected chi connectivity index (χ0v) is 11.0. The van der Waals surface area contributed by atoms with E-state index in [4.69, 9.17) is 9.29 Å². The fraction of sp³-hybridized carbons (Fsp3) is 0.700. The van der Waals surface area contributed by atoms with Gasteiger partial charge >= 0.3 is 16.4 Å². The topological polar surface area (TPSA) is 89.9 Å². The molecule has 100 valence electrons. The van der Waals surface area contributed by atoms with Gasteiger partial charge in [0.15, 0.2) is 0 Å². The predicted octanol–water partition coefficient (Wildman–Crippen LogP) is 1.34. The number of rotatable bonds is 7. The SMILES string of the molecule is C=C(C)C(=O)OCCC(C)(C)COS(=O)(=O)O. The third-order valence-corrected chi connectivity index (χ3v) is 2.37. The molecule has 0 amide bonds. The third kappa shape index (κ3) is 8.84. The molecule has 6 nitrogen and oxygen atoms in total. The molecular weight excluding hydrogens is 248 g/mol. The summed E-state index contributed by atoms with van der Waals surface area (Å²) in [6.07, 6.45) is 0.404. The highest BCUT2D eigenvalue weighted by molar-refractivity contribution is 7.80. The Bertz CT molecular complexity index is 382. The Morgan fingerprint density at radius 3 is 2.35 bits per heavy atom. The lowest BCUT2D eigenvalue weighted by atomic mass is 9.91. The molecule has 0 spiro atoms. The number of carbonyl (C=O) groups excluding carboxylic acids is 1. The highest BCUT2D eigenvalue weighted by Gasteiger charge is 2.22. The van der Waals surface area contributed by atoms with Crippen molar-refractivity contribution < 1.29 is 26.7 Å². The minimum atomic E-state index is -4.43. The van der Waals surface area contributed by atoms with E-state index in [1.54, 1.807) is 13.8 Å². The van der Waals surface area contributed by atoms with E-state index in [1.165, 1.54) is 6.92 Å². The van der Waals surface area contributed by atoms with Gasteiger partial charge in [-0.05, 0) is 18.8 Å². The van der Waals surface area contributed by atoms with Crippen molar-refractivity contribution in [1.82, 2.24) is 0 Å². The molecule has 0 saturated carbocycles. The first-order valence-electron chi connectivity index (χ1n) is 4.98. The minimum Gasteiger partial charge on any atom is -0.462 e. The Morgan fingerprint density at radius 2 is 1.94 bits per heavy atom. The molecule has 7 heteroatoms. The summed E-state index contributed by atoms with van der Waals surface area (Å²) < 4.78 is 38.3. The number of carbonyl (C=O) groups is 1. The van der Waals surface area contributed by atoms with Crippen LogP contribution in [0.5, 0.6) is 0 Å². The van der Waals surface area contributed by atoms with E-state index < -0.39 is 21.8 Å². The third-order valence-electron chi connectivity index (χ3n) is 1.96. The van der Waals surface area contributed by atoms with Crippen LogP contribution < -0.4 is 0 Å². The summed E-state index contributed by atoms with van der Waals surface area (Å²) >= 11 is 0. The zero-order valence-electron chi connectivity index (χ0n) is 10.2. The summed E-state index contributed by atoms with van der Waals surface area (Å²) in [5.74, 6) is -0.489. The maximum absolute atomic E-state index is 11.1. The van der Waals surface area contributed by atoms with Gasteiger partial charge in [0.05, 0.1) is 13.2 Å². The summed E-state index contributed by atoms with van der Waals surface area (Å²) in [5.41, 5.74) is -0.234. The first-order chi connectivity index (χ1) is 7.53. The Balaban J connectivity index is 4.02. The molecular formula is C10H18O6S. The Labute approximate surface area is 102 Å². The van der Waals surface area contributed by atoms with Crippen LogP contribution in [-0.4, -0.2) is 32.2 Å². The molecule has 0 bridgehead atoms. The quantitative estimate of drug-likeness (QED) is 0.425. The molecule has 0 aromatic rings. The van der Waals surface area contributed by atoms with E-state index in [2.05, 4.69) is 10.8 Å². The smallest absolute Gasteiger partial charge is 0.397 e. The average molecular weight is 266 g/mol. The normalized spacial score (nSPS) is 12.2. The highest BCUT2D eigenvalue weighted by Crippen LogP contribution is 2.21. The van der Waals surface area contributed by atoms with Crippen LogP contribution in [0, 0.1) is 5.41 Å². The standard InChI is InChI=1S/C10H18O6S/c1-8(2)9(11)15-6-5-10(3,4)7-16-17(12,13)14/h1,5-7H2,2-4H3,(H,12,13,14). The van der Waals surface area contributed by atoms with Crippen LogP contribution in [0.2, 0.25) is 0 Å². The van der Waals surface area contributed by atoms with Gasteiger partial charge in [0.25, 0.3) is 0 Å². The Morgan fingerprint density at radius 1 is 1.41 bits per heavy atom. The fourth-order valence-corrected chi connectivity index (χ4v) is 1.32. The summed E-state index contributed by atoms with van der Waals surface area (Å²) in [6, 6.07) is 0. The van der Waals surface area contributed by atoms with Crippen LogP contribution in [0.4, 0.5) is 0 Å². The first-order valence-corrected chi connectivity index (χ1v) is 6.34. The predicted molar refractivity (Wildman–Crippen MR) is 61.7 cm³/mol. The van der Waals surface area contributed by atoms with Gasteiger partial charge in [0, 0.05) is 5.57 Å². The summed E-state index contributed by atoms with van der Waals surface area (Å²) in [4.78, 5) is 11.1. The van der Waals surface area contributed by atoms with Crippen LogP contribution in [0.3, 0.4) is 0 Å². The van der Waals surface area contributed by atoms with Gasteiger partial charge in [-0.25, -0.2) is 8.98 Å². The molecule has 0 rings (SSSR count). The van der Waals surface area contributed by atoms with E-state index in [-0.39, 0.29) is 13.2 Å². The molecule has 0 aromatic heterocycles. The van der Waals surface area contributed by atoms with Crippen molar-refractivity contribution in [2.45, 2.75) is 27.2 Å². The maximum Gasteiger partial charge on any atom is 0.397 e. The monoisotopic (exact) mass is 266 g/mol.